The number of rotatable bonds is 6. The van der Waals surface area contributed by atoms with Crippen molar-refractivity contribution in [3.8, 4) is 0 Å². The van der Waals surface area contributed by atoms with Gasteiger partial charge in [-0.1, -0.05) is 24.3 Å². The Kier molecular flexibility index (Phi) is 9.15. The summed E-state index contributed by atoms with van der Waals surface area (Å²) in [4.78, 5) is 6.78. The number of nitrogens with zero attached hydrogens (tertiary/aromatic N) is 2. The SMILES string of the molecule is CCNC(=NCc1ccccc1CN(C)C)NC1CCS(=O)(=O)C1.I. The molecule has 1 saturated heterocycles. The van der Waals surface area contributed by atoms with E-state index in [1.165, 1.54) is 11.1 Å². The average molecular weight is 480 g/mol. The highest BCUT2D eigenvalue weighted by atomic mass is 127. The largest absolute Gasteiger partial charge is 0.357 e. The van der Waals surface area contributed by atoms with Crippen LogP contribution in [0, 0.1) is 0 Å². The molecule has 0 bridgehead atoms. The van der Waals surface area contributed by atoms with E-state index in [0.29, 0.717) is 18.9 Å². The lowest BCUT2D eigenvalue weighted by atomic mass is 10.1. The fourth-order valence-electron chi connectivity index (χ4n) is 2.79. The summed E-state index contributed by atoms with van der Waals surface area (Å²) in [7, 11) is 1.20. The maximum Gasteiger partial charge on any atom is 0.191 e. The van der Waals surface area contributed by atoms with E-state index in [2.05, 4.69) is 32.7 Å². The Hall–Kier alpha value is -0.870. The van der Waals surface area contributed by atoms with Crippen molar-refractivity contribution in [2.45, 2.75) is 32.5 Å². The van der Waals surface area contributed by atoms with Gasteiger partial charge in [0, 0.05) is 19.1 Å². The molecule has 2 N–H and O–H groups in total. The first kappa shape index (κ1) is 22.2. The Morgan fingerprint density at radius 1 is 1.28 bits per heavy atom. The molecule has 0 saturated carbocycles. The number of sulfone groups is 1. The van der Waals surface area contributed by atoms with E-state index in [0.717, 1.165) is 13.1 Å². The first-order valence-electron chi connectivity index (χ1n) is 8.36. The highest BCUT2D eigenvalue weighted by Gasteiger charge is 2.28. The maximum atomic E-state index is 11.6. The maximum absolute atomic E-state index is 11.6. The summed E-state index contributed by atoms with van der Waals surface area (Å²) in [5, 5.41) is 6.45. The second kappa shape index (κ2) is 10.3. The van der Waals surface area contributed by atoms with E-state index in [4.69, 9.17) is 0 Å². The van der Waals surface area contributed by atoms with Crippen LogP contribution in [0.1, 0.15) is 24.5 Å². The number of benzene rings is 1. The van der Waals surface area contributed by atoms with Crippen molar-refractivity contribution in [1.82, 2.24) is 15.5 Å². The van der Waals surface area contributed by atoms with Gasteiger partial charge < -0.3 is 15.5 Å². The number of nitrogens with one attached hydrogen (secondary N) is 2. The number of hydrogen-bond acceptors (Lipinski definition) is 4. The van der Waals surface area contributed by atoms with Gasteiger partial charge in [0.15, 0.2) is 15.8 Å². The fourth-order valence-corrected chi connectivity index (χ4v) is 4.47. The first-order chi connectivity index (χ1) is 11.4. The van der Waals surface area contributed by atoms with Crippen molar-refractivity contribution in [3.05, 3.63) is 35.4 Å². The summed E-state index contributed by atoms with van der Waals surface area (Å²) >= 11 is 0. The van der Waals surface area contributed by atoms with Crippen molar-refractivity contribution in [3.63, 3.8) is 0 Å². The van der Waals surface area contributed by atoms with E-state index in [1.54, 1.807) is 0 Å². The zero-order valence-electron chi connectivity index (χ0n) is 15.2. The third-order valence-electron chi connectivity index (χ3n) is 3.93. The van der Waals surface area contributed by atoms with Gasteiger partial charge in [-0.05, 0) is 38.6 Å². The minimum atomic E-state index is -2.89. The lowest BCUT2D eigenvalue weighted by Crippen LogP contribution is -2.44. The predicted molar refractivity (Wildman–Crippen MR) is 114 cm³/mol. The molecule has 25 heavy (non-hydrogen) atoms. The summed E-state index contributed by atoms with van der Waals surface area (Å²) in [6.45, 7) is 4.18. The highest BCUT2D eigenvalue weighted by molar-refractivity contribution is 14.0. The Labute approximate surface area is 168 Å². The molecule has 0 radical (unpaired) electrons. The zero-order valence-corrected chi connectivity index (χ0v) is 18.3. The van der Waals surface area contributed by atoms with Gasteiger partial charge in [-0.3, -0.25) is 0 Å². The Balaban J connectivity index is 0.00000312. The Morgan fingerprint density at radius 2 is 1.96 bits per heavy atom. The van der Waals surface area contributed by atoms with E-state index in [1.807, 2.05) is 33.2 Å². The second-order valence-corrected chi connectivity index (χ2v) is 8.67. The molecule has 1 unspecified atom stereocenters. The Morgan fingerprint density at radius 3 is 2.52 bits per heavy atom. The Bertz CT molecular complexity index is 677. The monoisotopic (exact) mass is 480 g/mol. The predicted octanol–water partition coefficient (Wildman–Crippen LogP) is 1.61. The molecular weight excluding hydrogens is 451 g/mol. The number of hydrogen-bond donors (Lipinski definition) is 2. The average Bonchev–Trinajstić information content (AvgIpc) is 2.84. The van der Waals surface area contributed by atoms with E-state index in [9.17, 15) is 8.42 Å². The van der Waals surface area contributed by atoms with Gasteiger partial charge >= 0.3 is 0 Å². The zero-order chi connectivity index (χ0) is 17.6. The molecule has 142 valence electrons. The van der Waals surface area contributed by atoms with E-state index < -0.39 is 9.84 Å². The second-order valence-electron chi connectivity index (χ2n) is 6.45. The standard InChI is InChI=1S/C17H28N4O2S.HI/c1-4-18-17(20-16-9-10-24(22,23)13-16)19-11-14-7-5-6-8-15(14)12-21(2)3;/h5-8,16H,4,9-13H2,1-3H3,(H2,18,19,20);1H. The highest BCUT2D eigenvalue weighted by Crippen LogP contribution is 2.13. The molecule has 0 amide bonds. The molecule has 2 rings (SSSR count). The molecule has 1 aliphatic rings. The van der Waals surface area contributed by atoms with Crippen LogP contribution in [0.3, 0.4) is 0 Å². The summed E-state index contributed by atoms with van der Waals surface area (Å²) < 4.78 is 23.2. The molecule has 8 heteroatoms. The smallest absolute Gasteiger partial charge is 0.191 e. The first-order valence-corrected chi connectivity index (χ1v) is 10.2. The molecule has 0 aliphatic carbocycles. The van der Waals surface area contributed by atoms with Crippen molar-refractivity contribution in [2.24, 2.45) is 4.99 Å². The van der Waals surface area contributed by atoms with Crippen molar-refractivity contribution >= 4 is 39.8 Å². The molecule has 6 nitrogen and oxygen atoms in total. The quantitative estimate of drug-likeness (QED) is 0.368. The van der Waals surface area contributed by atoms with Crippen LogP contribution in [0.2, 0.25) is 0 Å². The van der Waals surface area contributed by atoms with Gasteiger partial charge in [-0.2, -0.15) is 0 Å². The molecule has 0 spiro atoms. The van der Waals surface area contributed by atoms with Gasteiger partial charge in [0.1, 0.15) is 0 Å². The molecular formula is C17H29IN4O2S. The van der Waals surface area contributed by atoms with Gasteiger partial charge in [-0.15, -0.1) is 24.0 Å². The topological polar surface area (TPSA) is 73.8 Å². The van der Waals surface area contributed by atoms with Crippen LogP contribution in [-0.4, -0.2) is 57.5 Å². The van der Waals surface area contributed by atoms with Crippen LogP contribution < -0.4 is 10.6 Å². The van der Waals surface area contributed by atoms with Gasteiger partial charge in [0.25, 0.3) is 0 Å². The van der Waals surface area contributed by atoms with Crippen LogP contribution in [0.5, 0.6) is 0 Å². The molecule has 1 heterocycles. The lowest BCUT2D eigenvalue weighted by Gasteiger charge is -2.17. The van der Waals surface area contributed by atoms with Crippen LogP contribution in [-0.2, 0) is 22.9 Å². The van der Waals surface area contributed by atoms with Gasteiger partial charge in [0.2, 0.25) is 0 Å². The summed E-state index contributed by atoms with van der Waals surface area (Å²) in [5.41, 5.74) is 2.44. The lowest BCUT2D eigenvalue weighted by molar-refractivity contribution is 0.401. The number of aliphatic imine (C=N–C) groups is 1. The number of guanidine groups is 1. The van der Waals surface area contributed by atoms with Crippen molar-refractivity contribution < 1.29 is 8.42 Å². The number of halogens is 1. The van der Waals surface area contributed by atoms with Gasteiger partial charge in [-0.25, -0.2) is 13.4 Å². The molecule has 1 atom stereocenters. The van der Waals surface area contributed by atoms with E-state index >= 15 is 0 Å². The summed E-state index contributed by atoms with van der Waals surface area (Å²) in [6.07, 6.45) is 0.643. The molecule has 1 aliphatic heterocycles. The molecule has 0 aromatic heterocycles. The third kappa shape index (κ3) is 7.49. The molecule has 1 fully saturated rings. The molecule has 1 aromatic carbocycles. The summed E-state index contributed by atoms with van der Waals surface area (Å²) in [6, 6.07) is 8.22. The fraction of sp³-hybridized carbons (Fsp3) is 0.588. The van der Waals surface area contributed by atoms with Crippen molar-refractivity contribution in [1.29, 1.82) is 0 Å². The van der Waals surface area contributed by atoms with Crippen LogP contribution in [0.25, 0.3) is 0 Å². The molecule has 1 aromatic rings. The van der Waals surface area contributed by atoms with Gasteiger partial charge in [0.05, 0.1) is 18.1 Å². The van der Waals surface area contributed by atoms with Crippen LogP contribution in [0.4, 0.5) is 0 Å². The third-order valence-corrected chi connectivity index (χ3v) is 5.70. The minimum Gasteiger partial charge on any atom is -0.357 e. The minimum absolute atomic E-state index is 0. The normalized spacial score (nSPS) is 19.5. The van der Waals surface area contributed by atoms with Crippen molar-refractivity contribution in [2.75, 3.05) is 32.1 Å². The van der Waals surface area contributed by atoms with Crippen LogP contribution in [0.15, 0.2) is 29.3 Å². The summed E-state index contributed by atoms with van der Waals surface area (Å²) in [5.74, 6) is 1.13. The van der Waals surface area contributed by atoms with Crippen LogP contribution >= 0.6 is 24.0 Å². The van der Waals surface area contributed by atoms with E-state index in [-0.39, 0.29) is 41.5 Å².